The zero-order valence-corrected chi connectivity index (χ0v) is 14.1. The van der Waals surface area contributed by atoms with Crippen molar-refractivity contribution in [3.8, 4) is 0 Å². The highest BCUT2D eigenvalue weighted by Gasteiger charge is 2.05. The Morgan fingerprint density at radius 1 is 1.29 bits per heavy atom. The molecule has 0 fully saturated rings. The third-order valence-electron chi connectivity index (χ3n) is 2.73. The highest BCUT2D eigenvalue weighted by Crippen LogP contribution is 2.13. The number of nitrogens with zero attached hydrogens (tertiary/aromatic N) is 1. The van der Waals surface area contributed by atoms with Gasteiger partial charge in [0.15, 0.2) is 0 Å². The van der Waals surface area contributed by atoms with Crippen molar-refractivity contribution in [2.45, 2.75) is 26.3 Å². The maximum Gasteiger partial charge on any atom is 0.224 e. The average molecular weight is 348 g/mol. The van der Waals surface area contributed by atoms with Crippen LogP contribution in [0.4, 0.5) is 5.69 Å². The summed E-state index contributed by atoms with van der Waals surface area (Å²) in [6.07, 6.45) is 3.22. The molecule has 2 aromatic rings. The van der Waals surface area contributed by atoms with E-state index in [1.807, 2.05) is 18.3 Å². The third-order valence-corrected chi connectivity index (χ3v) is 3.87. The smallest absolute Gasteiger partial charge is 0.224 e. The van der Waals surface area contributed by atoms with Crippen molar-refractivity contribution >= 4 is 47.7 Å². The van der Waals surface area contributed by atoms with Gasteiger partial charge in [-0.1, -0.05) is 19.1 Å². The van der Waals surface area contributed by atoms with Crippen LogP contribution in [0.2, 0.25) is 0 Å². The normalized spacial score (nSPS) is 9.38. The topological polar surface area (TPSA) is 68.0 Å². The van der Waals surface area contributed by atoms with Gasteiger partial charge in [0.25, 0.3) is 0 Å². The highest BCUT2D eigenvalue weighted by atomic mass is 35.5. The van der Waals surface area contributed by atoms with E-state index in [0.717, 1.165) is 17.0 Å². The predicted octanol–water partition coefficient (Wildman–Crippen LogP) is 2.99. The van der Waals surface area contributed by atoms with Crippen LogP contribution in [0.1, 0.15) is 22.4 Å². The Morgan fingerprint density at radius 3 is 2.52 bits per heavy atom. The fourth-order valence-corrected chi connectivity index (χ4v) is 2.45. The summed E-state index contributed by atoms with van der Waals surface area (Å²) >= 11 is 1.64. The molecule has 3 N–H and O–H groups in total. The molecule has 21 heavy (non-hydrogen) atoms. The van der Waals surface area contributed by atoms with Crippen molar-refractivity contribution in [1.82, 2.24) is 10.3 Å². The van der Waals surface area contributed by atoms with Gasteiger partial charge < -0.3 is 11.1 Å². The Morgan fingerprint density at radius 2 is 1.95 bits per heavy atom. The number of aromatic nitrogens is 1. The molecular formula is C14H19Cl2N3OS. The number of nitrogens with one attached hydrogen (secondary N) is 1. The van der Waals surface area contributed by atoms with Crippen molar-refractivity contribution in [2.75, 3.05) is 5.73 Å². The lowest BCUT2D eigenvalue weighted by Gasteiger charge is -2.03. The molecule has 0 unspecified atom stereocenters. The molecule has 1 aromatic heterocycles. The SMILES string of the molecule is CCc1cnc(CNC(=O)Cc2ccc(N)cc2)s1.Cl.Cl. The standard InChI is InChI=1S/C14H17N3OS.2ClH/c1-2-12-8-17-14(19-12)9-16-13(18)7-10-3-5-11(15)6-4-10;;/h3-6,8H,2,7,9,15H2,1H3,(H,16,18);2*1H. The van der Waals surface area contributed by atoms with Crippen LogP contribution in [0.5, 0.6) is 0 Å². The second kappa shape index (κ2) is 9.60. The first-order valence-corrected chi connectivity index (χ1v) is 7.03. The molecule has 0 atom stereocenters. The maximum atomic E-state index is 11.8. The van der Waals surface area contributed by atoms with Gasteiger partial charge >= 0.3 is 0 Å². The predicted molar refractivity (Wildman–Crippen MR) is 92.4 cm³/mol. The van der Waals surface area contributed by atoms with Gasteiger partial charge in [0, 0.05) is 16.8 Å². The van der Waals surface area contributed by atoms with Crippen LogP contribution in [0, 0.1) is 0 Å². The molecule has 0 bridgehead atoms. The lowest BCUT2D eigenvalue weighted by atomic mass is 10.1. The number of aryl methyl sites for hydroxylation is 1. The molecule has 0 aliphatic rings. The fourth-order valence-electron chi connectivity index (χ4n) is 1.65. The quantitative estimate of drug-likeness (QED) is 0.817. The number of nitrogens with two attached hydrogens (primary N) is 1. The van der Waals surface area contributed by atoms with E-state index in [-0.39, 0.29) is 30.7 Å². The first-order valence-electron chi connectivity index (χ1n) is 6.22. The Balaban J connectivity index is 0.00000200. The van der Waals surface area contributed by atoms with Gasteiger partial charge in [-0.05, 0) is 24.1 Å². The van der Waals surface area contributed by atoms with Gasteiger partial charge in [0.05, 0.1) is 13.0 Å². The van der Waals surface area contributed by atoms with Crippen molar-refractivity contribution in [2.24, 2.45) is 0 Å². The molecule has 0 aliphatic carbocycles. The van der Waals surface area contributed by atoms with Gasteiger partial charge in [0.2, 0.25) is 5.91 Å². The minimum atomic E-state index is -0.00183. The van der Waals surface area contributed by atoms with Gasteiger partial charge in [-0.15, -0.1) is 36.2 Å². The van der Waals surface area contributed by atoms with Crippen LogP contribution in [0.3, 0.4) is 0 Å². The Bertz CT molecular complexity index is 558. The number of benzene rings is 1. The lowest BCUT2D eigenvalue weighted by molar-refractivity contribution is -0.120. The van der Waals surface area contributed by atoms with Crippen molar-refractivity contribution < 1.29 is 4.79 Å². The number of amides is 1. The van der Waals surface area contributed by atoms with Gasteiger partial charge in [-0.25, -0.2) is 4.98 Å². The van der Waals surface area contributed by atoms with E-state index >= 15 is 0 Å². The Hall–Kier alpha value is -1.30. The number of thiazole rings is 1. The summed E-state index contributed by atoms with van der Waals surface area (Å²) in [6.45, 7) is 2.59. The molecule has 1 amide bonds. The number of hydrogen-bond donors (Lipinski definition) is 2. The second-order valence-electron chi connectivity index (χ2n) is 4.27. The van der Waals surface area contributed by atoms with E-state index in [4.69, 9.17) is 5.73 Å². The summed E-state index contributed by atoms with van der Waals surface area (Å²) in [5, 5.41) is 3.82. The average Bonchev–Trinajstić information content (AvgIpc) is 2.87. The zero-order valence-electron chi connectivity index (χ0n) is 11.7. The largest absolute Gasteiger partial charge is 0.399 e. The van der Waals surface area contributed by atoms with Gasteiger partial charge in [-0.2, -0.15) is 0 Å². The number of nitrogen functional groups attached to an aromatic ring is 1. The molecule has 116 valence electrons. The molecule has 0 spiro atoms. The summed E-state index contributed by atoms with van der Waals surface area (Å²) < 4.78 is 0. The van der Waals surface area contributed by atoms with Crippen LogP contribution in [-0.2, 0) is 24.2 Å². The number of carbonyl (C=O) groups is 1. The molecular weight excluding hydrogens is 329 g/mol. The molecule has 1 aromatic carbocycles. The highest BCUT2D eigenvalue weighted by molar-refractivity contribution is 7.11. The van der Waals surface area contributed by atoms with E-state index in [1.165, 1.54) is 4.88 Å². The Kier molecular flexibility index (Phi) is 9.01. The van der Waals surface area contributed by atoms with Crippen LogP contribution in [-0.4, -0.2) is 10.9 Å². The molecule has 0 radical (unpaired) electrons. The number of rotatable bonds is 5. The van der Waals surface area contributed by atoms with E-state index in [0.29, 0.717) is 18.7 Å². The van der Waals surface area contributed by atoms with Crippen LogP contribution in [0.15, 0.2) is 30.5 Å². The molecule has 2 rings (SSSR count). The van der Waals surface area contributed by atoms with E-state index < -0.39 is 0 Å². The maximum absolute atomic E-state index is 11.8. The summed E-state index contributed by atoms with van der Waals surface area (Å²) in [7, 11) is 0. The summed E-state index contributed by atoms with van der Waals surface area (Å²) in [5.41, 5.74) is 7.27. The minimum absolute atomic E-state index is 0. The number of carbonyl (C=O) groups excluding carboxylic acids is 1. The summed E-state index contributed by atoms with van der Waals surface area (Å²) in [6, 6.07) is 7.34. The first kappa shape index (κ1) is 19.7. The van der Waals surface area contributed by atoms with E-state index in [9.17, 15) is 4.79 Å². The van der Waals surface area contributed by atoms with Crippen LogP contribution in [0.25, 0.3) is 0 Å². The molecule has 4 nitrogen and oxygen atoms in total. The van der Waals surface area contributed by atoms with Gasteiger partial charge in [0.1, 0.15) is 5.01 Å². The molecule has 0 aliphatic heterocycles. The summed E-state index contributed by atoms with van der Waals surface area (Å²) in [5.74, 6) is -0.00183. The zero-order chi connectivity index (χ0) is 13.7. The van der Waals surface area contributed by atoms with E-state index in [1.54, 1.807) is 23.5 Å². The number of anilines is 1. The monoisotopic (exact) mass is 347 g/mol. The molecule has 0 saturated carbocycles. The number of halogens is 2. The molecule has 0 saturated heterocycles. The molecule has 1 heterocycles. The van der Waals surface area contributed by atoms with Crippen LogP contribution >= 0.6 is 36.2 Å². The fraction of sp³-hybridized carbons (Fsp3) is 0.286. The first-order chi connectivity index (χ1) is 9.17. The van der Waals surface area contributed by atoms with E-state index in [2.05, 4.69) is 17.2 Å². The van der Waals surface area contributed by atoms with Crippen molar-refractivity contribution in [3.05, 3.63) is 45.9 Å². The minimum Gasteiger partial charge on any atom is -0.399 e. The van der Waals surface area contributed by atoms with Gasteiger partial charge in [-0.3, -0.25) is 4.79 Å². The Labute approximate surface area is 141 Å². The molecule has 7 heteroatoms. The van der Waals surface area contributed by atoms with Crippen LogP contribution < -0.4 is 11.1 Å². The third kappa shape index (κ3) is 6.33. The van der Waals surface area contributed by atoms with Crippen molar-refractivity contribution in [1.29, 1.82) is 0 Å². The summed E-state index contributed by atoms with van der Waals surface area (Å²) in [4.78, 5) is 17.3. The lowest BCUT2D eigenvalue weighted by Crippen LogP contribution is -2.24. The number of hydrogen-bond acceptors (Lipinski definition) is 4. The second-order valence-corrected chi connectivity index (χ2v) is 5.47. The van der Waals surface area contributed by atoms with Crippen molar-refractivity contribution in [3.63, 3.8) is 0 Å².